The topological polar surface area (TPSA) is 233 Å². The average Bonchev–Trinajstić information content (AvgIpc) is 1.63. The van der Waals surface area contributed by atoms with Crippen molar-refractivity contribution in [1.82, 2.24) is 30.2 Å². The molecule has 1 unspecified atom stereocenters. The van der Waals surface area contributed by atoms with Gasteiger partial charge in [0.2, 0.25) is 29.5 Å². The summed E-state index contributed by atoms with van der Waals surface area (Å²) >= 11 is 0. The first-order chi connectivity index (χ1) is 45.5. The molecular weight excluding hydrogens is 1190 g/mol. The summed E-state index contributed by atoms with van der Waals surface area (Å²) in [5.41, 5.74) is 7.36. The van der Waals surface area contributed by atoms with Crippen LogP contribution in [0.15, 0.2) is 95.2 Å². The Balaban J connectivity index is 0.614. The molecule has 21 heteroatoms. The molecule has 498 valence electrons. The van der Waals surface area contributed by atoms with E-state index < -0.39 is 23.9 Å². The molecule has 6 heterocycles. The molecule has 1 aliphatic carbocycles. The van der Waals surface area contributed by atoms with Gasteiger partial charge in [-0.15, -0.1) is 0 Å². The Morgan fingerprint density at radius 1 is 0.606 bits per heavy atom. The van der Waals surface area contributed by atoms with Crippen LogP contribution in [0.2, 0.25) is 0 Å². The van der Waals surface area contributed by atoms with Crippen LogP contribution < -0.4 is 39.8 Å². The van der Waals surface area contributed by atoms with Gasteiger partial charge in [0.05, 0.1) is 67.9 Å². The minimum Gasteiger partial charge on any atom is -0.493 e. The third-order valence-electron chi connectivity index (χ3n) is 19.4. The van der Waals surface area contributed by atoms with Crippen molar-refractivity contribution in [3.8, 4) is 23.0 Å². The van der Waals surface area contributed by atoms with Crippen LogP contribution >= 0.6 is 0 Å². The Morgan fingerprint density at radius 2 is 1.15 bits per heavy atom. The SMILES string of the molecule is COc1cc2c(cc1OCCCOc1cc3c(cc1OC)C(=O)N1C=C(c4ccc(N5CCN(C)CC5)cc4)C[C@H]1C=N3)N=C[C@@H]1CC(c3ccc(NC(=O)[C@H](C)NC(=O)[C@@H](NC(=O)CCCCCN4C(=O)CC(C5CCCCCCCC5)C4=O)C(C)C)cc3)=CN1C2=O. The molecule has 7 aliphatic rings. The molecule has 4 aromatic carbocycles. The van der Waals surface area contributed by atoms with E-state index in [1.165, 1.54) is 43.4 Å². The van der Waals surface area contributed by atoms with Gasteiger partial charge < -0.3 is 54.5 Å². The third kappa shape index (κ3) is 15.5. The first-order valence-corrected chi connectivity index (χ1v) is 33.8. The summed E-state index contributed by atoms with van der Waals surface area (Å²) in [6, 6.07) is 20.3. The van der Waals surface area contributed by atoms with Gasteiger partial charge >= 0.3 is 0 Å². The van der Waals surface area contributed by atoms with E-state index >= 15 is 0 Å². The lowest BCUT2D eigenvalue weighted by molar-refractivity contribution is -0.140. The Bertz CT molecular complexity index is 3580. The Hall–Kier alpha value is -8.85. The lowest BCUT2D eigenvalue weighted by atomic mass is 9.83. The summed E-state index contributed by atoms with van der Waals surface area (Å²) in [5, 5.41) is 8.49. The molecule has 3 N–H and O–H groups in total. The van der Waals surface area contributed by atoms with Crippen molar-refractivity contribution in [3.63, 3.8) is 0 Å². The number of aliphatic imine (C=N–C) groups is 2. The minimum atomic E-state index is -0.924. The minimum absolute atomic E-state index is 0.0280. The summed E-state index contributed by atoms with van der Waals surface area (Å²) in [4.78, 5) is 114. The Morgan fingerprint density at radius 3 is 1.69 bits per heavy atom. The lowest BCUT2D eigenvalue weighted by Crippen LogP contribution is -2.53. The summed E-state index contributed by atoms with van der Waals surface area (Å²) in [5.74, 6) is -0.247. The smallest absolute Gasteiger partial charge is 0.260 e. The summed E-state index contributed by atoms with van der Waals surface area (Å²) in [6.07, 6.45) is 20.4. The second kappa shape index (κ2) is 30.5. The number of piperazine rings is 1. The van der Waals surface area contributed by atoms with E-state index in [1.807, 2.05) is 44.6 Å². The summed E-state index contributed by atoms with van der Waals surface area (Å²) in [7, 11) is 5.21. The van der Waals surface area contributed by atoms with Crippen LogP contribution in [-0.2, 0) is 24.0 Å². The standard InChI is InChI=1S/C73H90N10O11/c1-46(2)68(78-66(84)19-14-11-15-28-81-67(85)39-57(71(81)88)50-17-12-9-7-8-10-13-18-50)70(87)76-47(3)69(86)77-53-24-20-48(21-25-53)51-35-55-42-74-60-40-64(62(91-5)37-58(60)72(89)82(55)44-51)93-33-16-34-94-65-41-61-59(38-63(65)92-6)73(90)83-45-52(36-56(83)43-75-61)49-22-26-54(27-23-49)80-31-29-79(4)30-32-80/h20-27,37-38,40-47,50,55-57,68H,7-19,28-36,39H2,1-6H3,(H,76,87)(H,77,86)(H,78,84)/t47-,55-,56-,57?,68-/m0/s1. The second-order valence-corrected chi connectivity index (χ2v) is 26.3. The van der Waals surface area contributed by atoms with Crippen LogP contribution in [0.5, 0.6) is 23.0 Å². The molecule has 94 heavy (non-hydrogen) atoms. The van der Waals surface area contributed by atoms with E-state index in [0.717, 1.165) is 74.1 Å². The number of hydrogen-bond acceptors (Lipinski definition) is 15. The number of anilines is 2. The summed E-state index contributed by atoms with van der Waals surface area (Å²) < 4.78 is 23.9. The molecule has 0 radical (unpaired) electrons. The van der Waals surface area contributed by atoms with Crippen LogP contribution in [0.25, 0.3) is 11.1 Å². The van der Waals surface area contributed by atoms with Gasteiger partial charge in [0.15, 0.2) is 23.0 Å². The molecule has 0 spiro atoms. The molecule has 7 amide bonds. The fourth-order valence-electron chi connectivity index (χ4n) is 13.8. The zero-order valence-electron chi connectivity index (χ0n) is 55.2. The largest absolute Gasteiger partial charge is 0.493 e. The molecule has 4 aromatic rings. The van der Waals surface area contributed by atoms with Crippen molar-refractivity contribution in [2.45, 2.75) is 148 Å². The van der Waals surface area contributed by atoms with Gasteiger partial charge in [-0.25, -0.2) is 0 Å². The number of nitrogens with one attached hydrogen (secondary N) is 3. The highest BCUT2D eigenvalue weighted by Crippen LogP contribution is 2.43. The van der Waals surface area contributed by atoms with Crippen molar-refractivity contribution in [2.24, 2.45) is 27.7 Å². The van der Waals surface area contributed by atoms with Crippen LogP contribution in [0, 0.1) is 17.8 Å². The first kappa shape index (κ1) is 66.6. The van der Waals surface area contributed by atoms with Crippen LogP contribution in [0.3, 0.4) is 0 Å². The Kier molecular flexibility index (Phi) is 21.6. The Labute approximate surface area is 551 Å². The number of hydrogen-bond donors (Lipinski definition) is 3. The van der Waals surface area contributed by atoms with Crippen molar-refractivity contribution in [2.75, 3.05) is 77.4 Å². The van der Waals surface area contributed by atoms with Crippen LogP contribution in [0.4, 0.5) is 22.7 Å². The normalized spacial score (nSPS) is 20.6. The fraction of sp³-hybridized carbons (Fsp3) is 0.493. The van der Waals surface area contributed by atoms with E-state index in [1.54, 1.807) is 66.4 Å². The number of amides is 7. The second-order valence-electron chi connectivity index (χ2n) is 26.3. The van der Waals surface area contributed by atoms with Crippen molar-refractivity contribution >= 4 is 87.7 Å². The maximum atomic E-state index is 14.2. The average molecular weight is 1280 g/mol. The summed E-state index contributed by atoms with van der Waals surface area (Å²) in [6.45, 7) is 10.2. The van der Waals surface area contributed by atoms with Gasteiger partial charge in [-0.05, 0) is 110 Å². The molecule has 5 atom stereocenters. The third-order valence-corrected chi connectivity index (χ3v) is 19.4. The molecule has 2 saturated heterocycles. The number of unbranched alkanes of at least 4 members (excludes halogenated alkanes) is 2. The zero-order valence-corrected chi connectivity index (χ0v) is 55.2. The number of likely N-dealkylation sites (tertiary alicyclic amines) is 1. The van der Waals surface area contributed by atoms with Crippen LogP contribution in [0.1, 0.15) is 155 Å². The molecule has 11 rings (SSSR count). The highest BCUT2D eigenvalue weighted by Gasteiger charge is 2.42. The number of ether oxygens (including phenoxy) is 4. The number of nitrogens with zero attached hydrogens (tertiary/aromatic N) is 7. The zero-order chi connectivity index (χ0) is 66.0. The monoisotopic (exact) mass is 1280 g/mol. The number of carbonyl (C=O) groups excluding carboxylic acids is 7. The molecule has 1 saturated carbocycles. The molecule has 21 nitrogen and oxygen atoms in total. The highest BCUT2D eigenvalue weighted by molar-refractivity contribution is 6.07. The predicted molar refractivity (Wildman–Crippen MR) is 362 cm³/mol. The van der Waals surface area contributed by atoms with Crippen molar-refractivity contribution in [3.05, 3.63) is 107 Å². The van der Waals surface area contributed by atoms with Crippen molar-refractivity contribution in [1.29, 1.82) is 0 Å². The quantitative estimate of drug-likeness (QED) is 0.0438. The number of imide groups is 1. The predicted octanol–water partition coefficient (Wildman–Crippen LogP) is 10.5. The number of rotatable bonds is 24. The highest BCUT2D eigenvalue weighted by atomic mass is 16.5. The number of likely N-dealkylation sites (N-methyl/N-ethyl adjacent to an activating group) is 1. The van der Waals surface area contributed by atoms with E-state index in [-0.39, 0.29) is 79.0 Å². The van der Waals surface area contributed by atoms with E-state index in [9.17, 15) is 33.6 Å². The first-order valence-electron chi connectivity index (χ1n) is 33.8. The number of carbonyl (C=O) groups is 7. The van der Waals surface area contributed by atoms with Gasteiger partial charge in [-0.3, -0.25) is 48.4 Å². The number of methoxy groups -OCH3 is 2. The lowest BCUT2D eigenvalue weighted by Gasteiger charge is -2.34. The fourth-order valence-corrected chi connectivity index (χ4v) is 13.8. The van der Waals surface area contributed by atoms with Gasteiger partial charge in [-0.2, -0.15) is 0 Å². The van der Waals surface area contributed by atoms with Gasteiger partial charge in [0.1, 0.15) is 12.1 Å². The van der Waals surface area contributed by atoms with E-state index in [0.29, 0.717) is 103 Å². The number of benzene rings is 4. The van der Waals surface area contributed by atoms with Crippen LogP contribution in [-0.4, -0.2) is 165 Å². The maximum Gasteiger partial charge on any atom is 0.260 e. The van der Waals surface area contributed by atoms with E-state index in [2.05, 4.69) is 57.1 Å². The number of fused-ring (bicyclic) bond motifs is 4. The van der Waals surface area contributed by atoms with Gasteiger partial charge in [-0.1, -0.05) is 83.1 Å². The maximum absolute atomic E-state index is 14.2. The van der Waals surface area contributed by atoms with E-state index in [4.69, 9.17) is 28.9 Å². The van der Waals surface area contributed by atoms with Crippen molar-refractivity contribution < 1.29 is 52.5 Å². The molecule has 6 aliphatic heterocycles. The van der Waals surface area contributed by atoms with Gasteiger partial charge in [0, 0.05) is 113 Å². The molecule has 0 aromatic heterocycles. The molecular formula is C73H90N10O11. The van der Waals surface area contributed by atoms with Gasteiger partial charge in [0.25, 0.3) is 11.8 Å². The molecule has 0 bridgehead atoms. The molecule has 3 fully saturated rings.